The third kappa shape index (κ3) is 4.11. The van der Waals surface area contributed by atoms with Crippen molar-refractivity contribution < 1.29 is 4.79 Å². The molecule has 1 unspecified atom stereocenters. The average Bonchev–Trinajstić information content (AvgIpc) is 2.45. The highest BCUT2D eigenvalue weighted by Gasteiger charge is 2.22. The third-order valence-corrected chi connectivity index (χ3v) is 3.55. The Labute approximate surface area is 126 Å². The topological polar surface area (TPSA) is 42.0 Å². The average molecular weight is 284 g/mol. The van der Waals surface area contributed by atoms with E-state index in [1.54, 1.807) is 6.20 Å². The van der Waals surface area contributed by atoms with E-state index in [-0.39, 0.29) is 17.7 Å². The number of benzene rings is 1. The van der Waals surface area contributed by atoms with E-state index < -0.39 is 0 Å². The number of nitrogens with zero attached hydrogens (tertiary/aromatic N) is 1. The molecule has 0 saturated heterocycles. The highest BCUT2D eigenvalue weighted by Crippen LogP contribution is 2.16. The first kappa shape index (κ1) is 15.6. The second-order valence-corrected chi connectivity index (χ2v) is 6.17. The van der Waals surface area contributed by atoms with Crippen LogP contribution in [0.5, 0.6) is 0 Å². The minimum atomic E-state index is -0.126. The van der Waals surface area contributed by atoms with Crippen LogP contribution in [0.25, 0.3) is 10.9 Å². The van der Waals surface area contributed by atoms with Gasteiger partial charge in [0.25, 0.3) is 0 Å². The minimum absolute atomic E-state index is 0.0448. The maximum Gasteiger partial charge on any atom is 0.152 e. The van der Waals surface area contributed by atoms with Crippen LogP contribution in [0.3, 0.4) is 0 Å². The summed E-state index contributed by atoms with van der Waals surface area (Å²) in [5, 5.41) is 4.51. The van der Waals surface area contributed by atoms with Crippen LogP contribution in [-0.4, -0.2) is 22.9 Å². The molecule has 112 valence electrons. The van der Waals surface area contributed by atoms with Gasteiger partial charge in [-0.15, -0.1) is 0 Å². The van der Waals surface area contributed by atoms with Gasteiger partial charge in [-0.2, -0.15) is 0 Å². The molecule has 0 amide bonds. The Balaban J connectivity index is 2.23. The van der Waals surface area contributed by atoms with Gasteiger partial charge in [-0.1, -0.05) is 39.8 Å². The molecule has 0 aliphatic heterocycles. The summed E-state index contributed by atoms with van der Waals surface area (Å²) in [5.74, 6) is 0.318. The van der Waals surface area contributed by atoms with Crippen LogP contribution in [0.2, 0.25) is 0 Å². The van der Waals surface area contributed by atoms with Gasteiger partial charge in [0.15, 0.2) is 5.78 Å². The van der Waals surface area contributed by atoms with Crippen LogP contribution >= 0.6 is 0 Å². The Hall–Kier alpha value is -1.74. The third-order valence-electron chi connectivity index (χ3n) is 3.55. The number of nitrogens with one attached hydrogen (secondary N) is 1. The first-order valence-electron chi connectivity index (χ1n) is 7.61. The van der Waals surface area contributed by atoms with Crippen LogP contribution < -0.4 is 5.32 Å². The normalized spacial score (nSPS) is 13.0. The second-order valence-electron chi connectivity index (χ2n) is 6.17. The van der Waals surface area contributed by atoms with E-state index in [4.69, 9.17) is 0 Å². The molecule has 3 heteroatoms. The number of hydrogen-bond donors (Lipinski definition) is 1. The number of hydrogen-bond acceptors (Lipinski definition) is 3. The molecule has 1 aromatic carbocycles. The van der Waals surface area contributed by atoms with Gasteiger partial charge >= 0.3 is 0 Å². The largest absolute Gasteiger partial charge is 0.305 e. The van der Waals surface area contributed by atoms with Crippen molar-refractivity contribution in [2.45, 2.75) is 46.2 Å². The van der Waals surface area contributed by atoms with E-state index in [1.165, 1.54) is 5.56 Å². The quantitative estimate of drug-likeness (QED) is 0.884. The molecule has 0 fully saturated rings. The van der Waals surface area contributed by atoms with E-state index in [0.717, 1.165) is 17.3 Å². The van der Waals surface area contributed by atoms with Crippen molar-refractivity contribution in [3.63, 3.8) is 0 Å². The summed E-state index contributed by atoms with van der Waals surface area (Å²) < 4.78 is 0. The van der Waals surface area contributed by atoms with Crippen molar-refractivity contribution in [2.75, 3.05) is 0 Å². The van der Waals surface area contributed by atoms with E-state index in [9.17, 15) is 4.79 Å². The van der Waals surface area contributed by atoms with Crippen LogP contribution in [0.1, 0.15) is 33.3 Å². The van der Waals surface area contributed by atoms with E-state index in [2.05, 4.69) is 42.3 Å². The molecular formula is C18H24N2O. The molecular weight excluding hydrogens is 260 g/mol. The monoisotopic (exact) mass is 284 g/mol. The van der Waals surface area contributed by atoms with Gasteiger partial charge in [0.2, 0.25) is 0 Å². The Bertz CT molecular complexity index is 619. The van der Waals surface area contributed by atoms with Gasteiger partial charge in [-0.05, 0) is 30.2 Å². The van der Waals surface area contributed by atoms with Gasteiger partial charge in [0.1, 0.15) is 0 Å². The van der Waals surface area contributed by atoms with E-state index in [1.807, 2.05) is 26.0 Å². The predicted octanol–water partition coefficient (Wildman–Crippen LogP) is 3.37. The van der Waals surface area contributed by atoms with Crippen LogP contribution in [0.15, 0.2) is 36.5 Å². The molecule has 0 aliphatic rings. The molecule has 1 heterocycles. The number of carbonyl (C=O) groups is 1. The minimum Gasteiger partial charge on any atom is -0.305 e. The lowest BCUT2D eigenvalue weighted by molar-refractivity contribution is -0.124. The molecule has 2 rings (SSSR count). The summed E-state index contributed by atoms with van der Waals surface area (Å²) in [7, 11) is 0. The second kappa shape index (κ2) is 6.81. The number of pyridine rings is 1. The number of rotatable bonds is 6. The summed E-state index contributed by atoms with van der Waals surface area (Å²) in [5.41, 5.74) is 2.16. The SMILES string of the molecule is CC(C)NC(Cc1ccc2ncccc2c1)C(=O)C(C)C. The zero-order valence-corrected chi connectivity index (χ0v) is 13.3. The molecule has 2 aromatic rings. The number of Topliss-reactive ketones (excluding diaryl/α,β-unsaturated/α-hetero) is 1. The lowest BCUT2D eigenvalue weighted by Crippen LogP contribution is -2.44. The smallest absolute Gasteiger partial charge is 0.152 e. The highest BCUT2D eigenvalue weighted by atomic mass is 16.1. The van der Waals surface area contributed by atoms with Crippen molar-refractivity contribution in [3.8, 4) is 0 Å². The fourth-order valence-electron chi connectivity index (χ4n) is 2.53. The number of aromatic nitrogens is 1. The standard InChI is InChI=1S/C18H24N2O/c1-12(2)18(21)17(20-13(3)4)11-14-7-8-16-15(10-14)6-5-9-19-16/h5-10,12-13,17,20H,11H2,1-4H3. The highest BCUT2D eigenvalue weighted by molar-refractivity contribution is 5.86. The van der Waals surface area contributed by atoms with Crippen LogP contribution in [-0.2, 0) is 11.2 Å². The molecule has 1 N–H and O–H groups in total. The molecule has 21 heavy (non-hydrogen) atoms. The molecule has 0 spiro atoms. The number of fused-ring (bicyclic) bond motifs is 1. The first-order chi connectivity index (χ1) is 9.97. The summed E-state index contributed by atoms with van der Waals surface area (Å²) in [6.07, 6.45) is 2.52. The summed E-state index contributed by atoms with van der Waals surface area (Å²) >= 11 is 0. The predicted molar refractivity (Wildman–Crippen MR) is 87.4 cm³/mol. The van der Waals surface area contributed by atoms with E-state index in [0.29, 0.717) is 6.04 Å². The Morgan fingerprint density at radius 1 is 1.19 bits per heavy atom. The van der Waals surface area contributed by atoms with Crippen LogP contribution in [0, 0.1) is 5.92 Å². The Morgan fingerprint density at radius 2 is 1.95 bits per heavy atom. The van der Waals surface area contributed by atoms with Gasteiger partial charge in [0.05, 0.1) is 11.6 Å². The Morgan fingerprint density at radius 3 is 2.62 bits per heavy atom. The molecule has 0 bridgehead atoms. The number of carbonyl (C=O) groups excluding carboxylic acids is 1. The van der Waals surface area contributed by atoms with Crippen molar-refractivity contribution in [3.05, 3.63) is 42.1 Å². The molecule has 1 aromatic heterocycles. The fraction of sp³-hybridized carbons (Fsp3) is 0.444. The molecule has 1 atom stereocenters. The molecule has 0 saturated carbocycles. The molecule has 0 aliphatic carbocycles. The first-order valence-corrected chi connectivity index (χ1v) is 7.61. The molecule has 3 nitrogen and oxygen atoms in total. The van der Waals surface area contributed by atoms with E-state index >= 15 is 0 Å². The fourth-order valence-corrected chi connectivity index (χ4v) is 2.53. The van der Waals surface area contributed by atoms with Gasteiger partial charge in [-0.25, -0.2) is 0 Å². The maximum absolute atomic E-state index is 12.4. The lowest BCUT2D eigenvalue weighted by Gasteiger charge is -2.22. The lowest BCUT2D eigenvalue weighted by atomic mass is 9.94. The van der Waals surface area contributed by atoms with Crippen molar-refractivity contribution >= 4 is 16.7 Å². The summed E-state index contributed by atoms with van der Waals surface area (Å²) in [6, 6.07) is 10.4. The number of ketones is 1. The van der Waals surface area contributed by atoms with Crippen LogP contribution in [0.4, 0.5) is 0 Å². The van der Waals surface area contributed by atoms with Crippen molar-refractivity contribution in [2.24, 2.45) is 5.92 Å². The summed E-state index contributed by atoms with van der Waals surface area (Å²) in [6.45, 7) is 8.07. The zero-order valence-electron chi connectivity index (χ0n) is 13.3. The Kier molecular flexibility index (Phi) is 5.07. The van der Waals surface area contributed by atoms with Gasteiger partial charge in [-0.3, -0.25) is 9.78 Å². The van der Waals surface area contributed by atoms with Gasteiger partial charge in [0, 0.05) is 23.5 Å². The summed E-state index contributed by atoms with van der Waals surface area (Å²) in [4.78, 5) is 16.7. The maximum atomic E-state index is 12.4. The molecule has 0 radical (unpaired) electrons. The van der Waals surface area contributed by atoms with Gasteiger partial charge < -0.3 is 5.32 Å². The zero-order chi connectivity index (χ0) is 15.4. The van der Waals surface area contributed by atoms with Crippen molar-refractivity contribution in [1.29, 1.82) is 0 Å². The van der Waals surface area contributed by atoms with Crippen molar-refractivity contribution in [1.82, 2.24) is 10.3 Å².